The molecule has 8 nitrogen and oxygen atoms in total. The molecule has 0 aromatic heterocycles. The number of aromatic hydroxyl groups is 1. The Morgan fingerprint density at radius 1 is 1.21 bits per heavy atom. The number of non-ortho nitro benzene ring substituents is 1. The van der Waals surface area contributed by atoms with E-state index in [2.05, 4.69) is 5.10 Å². The summed E-state index contributed by atoms with van der Waals surface area (Å²) in [4.78, 5) is 35.1. The fourth-order valence-corrected chi connectivity index (χ4v) is 3.88. The predicted octanol–water partition coefficient (Wildman–Crippen LogP) is 1.44. The highest BCUT2D eigenvalue weighted by atomic mass is 16.6. The third-order valence-electron chi connectivity index (χ3n) is 4.98. The number of nitro groups is 1. The van der Waals surface area contributed by atoms with Gasteiger partial charge in [0.15, 0.2) is 0 Å². The van der Waals surface area contributed by atoms with Gasteiger partial charge in [-0.3, -0.25) is 19.7 Å². The Bertz CT molecular complexity index is 801. The van der Waals surface area contributed by atoms with Crippen molar-refractivity contribution in [3.05, 3.63) is 46.0 Å². The van der Waals surface area contributed by atoms with Crippen LogP contribution < -0.4 is 0 Å². The summed E-state index contributed by atoms with van der Waals surface area (Å²) in [5.74, 6) is -1.45. The van der Waals surface area contributed by atoms with Crippen LogP contribution >= 0.6 is 0 Å². The van der Waals surface area contributed by atoms with Crippen molar-refractivity contribution < 1.29 is 19.6 Å². The van der Waals surface area contributed by atoms with Crippen LogP contribution in [-0.4, -0.2) is 33.1 Å². The number of carbonyl (C=O) groups excluding carboxylic acids is 2. The molecule has 1 N–H and O–H groups in total. The van der Waals surface area contributed by atoms with E-state index in [1.165, 1.54) is 6.07 Å². The number of nitro benzene ring substituents is 1. The first-order chi connectivity index (χ1) is 11.5. The smallest absolute Gasteiger partial charge is 0.270 e. The van der Waals surface area contributed by atoms with Crippen molar-refractivity contribution >= 4 is 23.7 Å². The van der Waals surface area contributed by atoms with E-state index in [0.717, 1.165) is 29.8 Å². The van der Waals surface area contributed by atoms with E-state index < -0.39 is 4.92 Å². The molecule has 3 aliphatic rings. The zero-order valence-corrected chi connectivity index (χ0v) is 12.4. The number of nitrogens with zero attached hydrogens (tertiary/aromatic N) is 3. The molecular formula is C16H13N3O5. The molecule has 2 aliphatic carbocycles. The number of phenolic OH excluding ortho intramolecular Hbond substituents is 1. The lowest BCUT2D eigenvalue weighted by molar-refractivity contribution is -0.384. The van der Waals surface area contributed by atoms with Gasteiger partial charge >= 0.3 is 0 Å². The standard InChI is InChI=1S/C16H13N3O5/c20-12-4-3-11(19(23)24)6-10(12)7-17-18-15(21)13-8-1-2-9(5-8)14(13)16(18)22/h1-4,6-9,13-14,20H,5H2/b17-7-/t8-,9-,13+,14+/m0/s1. The molecule has 2 bridgehead atoms. The van der Waals surface area contributed by atoms with Crippen LogP contribution in [0.15, 0.2) is 35.5 Å². The van der Waals surface area contributed by atoms with Crippen LogP contribution in [0.25, 0.3) is 0 Å². The summed E-state index contributed by atoms with van der Waals surface area (Å²) in [5.41, 5.74) is -0.143. The van der Waals surface area contributed by atoms with Crippen LogP contribution in [-0.2, 0) is 9.59 Å². The largest absolute Gasteiger partial charge is 0.507 e. The molecule has 4 atom stereocenters. The number of benzene rings is 1. The number of hydrogen-bond donors (Lipinski definition) is 1. The second kappa shape index (κ2) is 4.98. The second-order valence-corrected chi connectivity index (χ2v) is 6.23. The van der Waals surface area contributed by atoms with Crippen LogP contribution in [0.4, 0.5) is 5.69 Å². The number of fused-ring (bicyclic) bond motifs is 5. The van der Waals surface area contributed by atoms with E-state index in [1.807, 2.05) is 12.2 Å². The molecule has 122 valence electrons. The maximum absolute atomic E-state index is 12.5. The number of allylic oxidation sites excluding steroid dienone is 2. The molecule has 2 fully saturated rings. The average molecular weight is 327 g/mol. The van der Waals surface area contributed by atoms with Gasteiger partial charge in [0.25, 0.3) is 17.5 Å². The van der Waals surface area contributed by atoms with Crippen molar-refractivity contribution in [1.82, 2.24) is 5.01 Å². The number of carbonyl (C=O) groups is 2. The van der Waals surface area contributed by atoms with E-state index in [9.17, 15) is 24.8 Å². The summed E-state index contributed by atoms with van der Waals surface area (Å²) in [5, 5.41) is 25.3. The minimum absolute atomic E-state index is 0.0722. The van der Waals surface area contributed by atoms with Crippen molar-refractivity contribution in [1.29, 1.82) is 0 Å². The second-order valence-electron chi connectivity index (χ2n) is 6.23. The molecule has 1 saturated carbocycles. The Hall–Kier alpha value is -3.03. The third kappa shape index (κ3) is 1.96. The van der Waals surface area contributed by atoms with E-state index >= 15 is 0 Å². The number of rotatable bonds is 3. The molecule has 4 rings (SSSR count). The Labute approximate surface area is 136 Å². The molecule has 24 heavy (non-hydrogen) atoms. The quantitative estimate of drug-likeness (QED) is 0.297. The molecular weight excluding hydrogens is 314 g/mol. The minimum Gasteiger partial charge on any atom is -0.507 e. The van der Waals surface area contributed by atoms with Crippen molar-refractivity contribution in [2.24, 2.45) is 28.8 Å². The molecule has 1 heterocycles. The highest BCUT2D eigenvalue weighted by molar-refractivity contribution is 6.06. The number of amides is 2. The molecule has 0 unspecified atom stereocenters. The van der Waals surface area contributed by atoms with Gasteiger partial charge in [-0.1, -0.05) is 12.2 Å². The number of hydrogen-bond acceptors (Lipinski definition) is 6. The number of phenols is 1. The Balaban J connectivity index is 1.61. The average Bonchev–Trinajstić information content (AvgIpc) is 3.22. The lowest BCUT2D eigenvalue weighted by Gasteiger charge is -2.13. The van der Waals surface area contributed by atoms with Gasteiger partial charge in [0.1, 0.15) is 5.75 Å². The topological polar surface area (TPSA) is 113 Å². The summed E-state index contributed by atoms with van der Waals surface area (Å²) in [6.07, 6.45) is 5.90. The zero-order chi connectivity index (χ0) is 17.0. The van der Waals surface area contributed by atoms with Crippen molar-refractivity contribution in [3.63, 3.8) is 0 Å². The molecule has 1 aromatic rings. The first-order valence-corrected chi connectivity index (χ1v) is 7.55. The van der Waals surface area contributed by atoms with Gasteiger partial charge in [0.2, 0.25) is 0 Å². The van der Waals surface area contributed by atoms with Gasteiger partial charge in [-0.2, -0.15) is 10.1 Å². The summed E-state index contributed by atoms with van der Waals surface area (Å²) in [6.45, 7) is 0. The summed E-state index contributed by atoms with van der Waals surface area (Å²) < 4.78 is 0. The van der Waals surface area contributed by atoms with Crippen LogP contribution in [0.1, 0.15) is 12.0 Å². The molecule has 0 spiro atoms. The monoisotopic (exact) mass is 327 g/mol. The van der Waals surface area contributed by atoms with E-state index in [1.54, 1.807) is 0 Å². The van der Waals surface area contributed by atoms with Gasteiger partial charge in [0, 0.05) is 17.7 Å². The maximum atomic E-state index is 12.5. The Kier molecular flexibility index (Phi) is 3.02. The summed E-state index contributed by atoms with van der Waals surface area (Å²) >= 11 is 0. The van der Waals surface area contributed by atoms with Crippen LogP contribution in [0, 0.1) is 33.8 Å². The van der Waals surface area contributed by atoms with Crippen LogP contribution in [0.2, 0.25) is 0 Å². The van der Waals surface area contributed by atoms with Crippen molar-refractivity contribution in [2.75, 3.05) is 0 Å². The number of imide groups is 1. The van der Waals surface area contributed by atoms with E-state index in [-0.39, 0.29) is 52.5 Å². The molecule has 1 aliphatic heterocycles. The zero-order valence-electron chi connectivity index (χ0n) is 12.4. The third-order valence-corrected chi connectivity index (χ3v) is 4.98. The minimum atomic E-state index is -0.601. The van der Waals surface area contributed by atoms with Gasteiger partial charge in [-0.25, -0.2) is 0 Å². The number of hydrazone groups is 1. The lowest BCUT2D eigenvalue weighted by atomic mass is 9.85. The SMILES string of the molecule is O=C1[C@H]2[C@H](C(=O)N1/N=C\c1cc([N+](=O)[O-])ccc1O)[C@H]1C=C[C@H]2C1. The lowest BCUT2D eigenvalue weighted by Crippen LogP contribution is -2.28. The van der Waals surface area contributed by atoms with E-state index in [4.69, 9.17) is 0 Å². The van der Waals surface area contributed by atoms with Crippen LogP contribution in [0.5, 0.6) is 5.75 Å². The first-order valence-electron chi connectivity index (χ1n) is 7.55. The predicted molar refractivity (Wildman–Crippen MR) is 81.9 cm³/mol. The molecule has 1 aromatic carbocycles. The highest BCUT2D eigenvalue weighted by Crippen LogP contribution is 2.52. The van der Waals surface area contributed by atoms with Crippen molar-refractivity contribution in [3.8, 4) is 5.75 Å². The summed E-state index contributed by atoms with van der Waals surface area (Å²) in [6, 6.07) is 3.47. The first kappa shape index (κ1) is 14.6. The molecule has 1 saturated heterocycles. The fourth-order valence-electron chi connectivity index (χ4n) is 3.88. The Morgan fingerprint density at radius 3 is 2.42 bits per heavy atom. The van der Waals surface area contributed by atoms with Crippen molar-refractivity contribution in [2.45, 2.75) is 6.42 Å². The van der Waals surface area contributed by atoms with Gasteiger partial charge in [-0.05, 0) is 24.3 Å². The normalized spacial score (nSPS) is 30.6. The highest BCUT2D eigenvalue weighted by Gasteiger charge is 2.59. The van der Waals surface area contributed by atoms with Crippen LogP contribution in [0.3, 0.4) is 0 Å². The fraction of sp³-hybridized carbons (Fsp3) is 0.312. The van der Waals surface area contributed by atoms with Gasteiger partial charge in [-0.15, -0.1) is 0 Å². The molecule has 8 heteroatoms. The maximum Gasteiger partial charge on any atom is 0.270 e. The Morgan fingerprint density at radius 2 is 1.83 bits per heavy atom. The van der Waals surface area contributed by atoms with Gasteiger partial charge in [0.05, 0.1) is 23.0 Å². The molecule has 0 radical (unpaired) electrons. The molecule has 2 amide bonds. The van der Waals surface area contributed by atoms with E-state index in [0.29, 0.717) is 0 Å². The van der Waals surface area contributed by atoms with Gasteiger partial charge < -0.3 is 5.11 Å². The summed E-state index contributed by atoms with van der Waals surface area (Å²) in [7, 11) is 0.